The Bertz CT molecular complexity index is 334. The van der Waals surface area contributed by atoms with Crippen LogP contribution in [-0.2, 0) is 4.79 Å². The highest BCUT2D eigenvalue weighted by Crippen LogP contribution is 2.18. The van der Waals surface area contributed by atoms with E-state index in [9.17, 15) is 14.0 Å². The molecular weight excluding hydrogens is 171 g/mol. The first-order chi connectivity index (χ1) is 6.20. The molecule has 1 aromatic carbocycles. The summed E-state index contributed by atoms with van der Waals surface area (Å²) >= 11 is 0. The smallest absolute Gasteiger partial charge is 0.153 e. The molecule has 0 N–H and O–H groups in total. The summed E-state index contributed by atoms with van der Waals surface area (Å²) in [6.45, 7) is 1.62. The molecule has 0 heterocycles. The van der Waals surface area contributed by atoms with Gasteiger partial charge in [-0.15, -0.1) is 0 Å². The Labute approximate surface area is 75.4 Å². The zero-order valence-electron chi connectivity index (χ0n) is 7.16. The third-order valence-electron chi connectivity index (χ3n) is 1.90. The topological polar surface area (TPSA) is 34.1 Å². The lowest BCUT2D eigenvalue weighted by atomic mass is 9.97. The first-order valence-corrected chi connectivity index (χ1v) is 3.89. The summed E-state index contributed by atoms with van der Waals surface area (Å²) in [5.41, 5.74) is 0.409. The highest BCUT2D eigenvalue weighted by molar-refractivity contribution is 5.80. The molecule has 0 aliphatic heterocycles. The van der Waals surface area contributed by atoms with E-state index in [1.54, 1.807) is 13.0 Å². The van der Waals surface area contributed by atoms with Crippen molar-refractivity contribution in [1.29, 1.82) is 0 Å². The minimum atomic E-state index is -0.582. The second-order valence-corrected chi connectivity index (χ2v) is 2.79. The van der Waals surface area contributed by atoms with Gasteiger partial charge >= 0.3 is 0 Å². The Kier molecular flexibility index (Phi) is 2.90. The lowest BCUT2D eigenvalue weighted by Gasteiger charge is -2.07. The molecule has 0 radical (unpaired) electrons. The number of hydrogen-bond acceptors (Lipinski definition) is 2. The van der Waals surface area contributed by atoms with Crippen LogP contribution in [0.15, 0.2) is 18.2 Å². The summed E-state index contributed by atoms with van der Waals surface area (Å²) < 4.78 is 13.0. The summed E-state index contributed by atoms with van der Waals surface area (Å²) in [4.78, 5) is 21.0. The van der Waals surface area contributed by atoms with Gasteiger partial charge in [-0.3, -0.25) is 4.79 Å². The molecule has 1 atom stereocenters. The second-order valence-electron chi connectivity index (χ2n) is 2.79. The van der Waals surface area contributed by atoms with Gasteiger partial charge in [-0.2, -0.15) is 0 Å². The van der Waals surface area contributed by atoms with Crippen LogP contribution in [0.25, 0.3) is 0 Å². The Morgan fingerprint density at radius 2 is 2.08 bits per heavy atom. The molecule has 0 aromatic heterocycles. The van der Waals surface area contributed by atoms with Gasteiger partial charge < -0.3 is 4.79 Å². The van der Waals surface area contributed by atoms with Crippen molar-refractivity contribution in [2.75, 3.05) is 0 Å². The molecule has 0 amide bonds. The lowest BCUT2D eigenvalue weighted by molar-refractivity contribution is -0.108. The molecule has 0 aliphatic carbocycles. The number of carbonyl (C=O) groups is 2. The van der Waals surface area contributed by atoms with Crippen molar-refractivity contribution in [2.45, 2.75) is 12.8 Å². The molecule has 1 unspecified atom stereocenters. The minimum absolute atomic E-state index is 0.0258. The largest absolute Gasteiger partial charge is 0.303 e. The van der Waals surface area contributed by atoms with E-state index in [1.807, 2.05) is 0 Å². The van der Waals surface area contributed by atoms with E-state index in [1.165, 1.54) is 12.1 Å². The molecule has 0 aliphatic rings. The standard InChI is InChI=1S/C10H9FO2/c1-7(5-12)8-3-2-4-10(11)9(8)6-13/h2-7H,1H3. The first-order valence-electron chi connectivity index (χ1n) is 3.89. The molecule has 0 bridgehead atoms. The summed E-state index contributed by atoms with van der Waals surface area (Å²) in [5, 5.41) is 0. The predicted molar refractivity (Wildman–Crippen MR) is 46.3 cm³/mol. The van der Waals surface area contributed by atoms with Gasteiger partial charge in [0.15, 0.2) is 6.29 Å². The van der Waals surface area contributed by atoms with E-state index in [0.717, 1.165) is 0 Å². The molecule has 0 fully saturated rings. The average Bonchev–Trinajstić information content (AvgIpc) is 2.16. The van der Waals surface area contributed by atoms with Crippen LogP contribution in [-0.4, -0.2) is 12.6 Å². The maximum atomic E-state index is 13.0. The number of hydrogen-bond donors (Lipinski definition) is 0. The summed E-state index contributed by atoms with van der Waals surface area (Å²) in [7, 11) is 0. The van der Waals surface area contributed by atoms with Gasteiger partial charge in [0.05, 0.1) is 5.56 Å². The first kappa shape index (κ1) is 9.58. The van der Waals surface area contributed by atoms with Gasteiger partial charge in [0.1, 0.15) is 12.1 Å². The maximum Gasteiger partial charge on any atom is 0.153 e. The fourth-order valence-corrected chi connectivity index (χ4v) is 1.15. The molecular formula is C10H9FO2. The summed E-state index contributed by atoms with van der Waals surface area (Å²) in [6, 6.07) is 4.26. The van der Waals surface area contributed by atoms with Gasteiger partial charge in [0.25, 0.3) is 0 Å². The van der Waals surface area contributed by atoms with Crippen LogP contribution >= 0.6 is 0 Å². The Hall–Kier alpha value is -1.51. The van der Waals surface area contributed by atoms with Crippen molar-refractivity contribution in [1.82, 2.24) is 0 Å². The van der Waals surface area contributed by atoms with E-state index in [-0.39, 0.29) is 5.56 Å². The van der Waals surface area contributed by atoms with Crippen molar-refractivity contribution in [3.63, 3.8) is 0 Å². The number of carbonyl (C=O) groups excluding carboxylic acids is 2. The van der Waals surface area contributed by atoms with Crippen molar-refractivity contribution < 1.29 is 14.0 Å². The Morgan fingerprint density at radius 3 is 2.62 bits per heavy atom. The molecule has 13 heavy (non-hydrogen) atoms. The number of aldehydes is 2. The summed E-state index contributed by atoms with van der Waals surface area (Å²) in [5.74, 6) is -1.03. The predicted octanol–water partition coefficient (Wildman–Crippen LogP) is 1.94. The third-order valence-corrected chi connectivity index (χ3v) is 1.90. The zero-order valence-corrected chi connectivity index (χ0v) is 7.16. The van der Waals surface area contributed by atoms with Crippen molar-refractivity contribution in [2.24, 2.45) is 0 Å². The fraction of sp³-hybridized carbons (Fsp3) is 0.200. The molecule has 0 saturated heterocycles. The highest BCUT2D eigenvalue weighted by atomic mass is 19.1. The van der Waals surface area contributed by atoms with Gasteiger partial charge in [-0.25, -0.2) is 4.39 Å². The lowest BCUT2D eigenvalue weighted by Crippen LogP contribution is -2.01. The quantitative estimate of drug-likeness (QED) is 0.666. The molecule has 3 heteroatoms. The molecule has 0 saturated carbocycles. The monoisotopic (exact) mass is 180 g/mol. The van der Waals surface area contributed by atoms with E-state index >= 15 is 0 Å². The number of halogens is 1. The van der Waals surface area contributed by atoms with Crippen molar-refractivity contribution in [3.05, 3.63) is 35.1 Å². The molecule has 2 nitrogen and oxygen atoms in total. The Balaban J connectivity index is 3.27. The SMILES string of the molecule is CC(C=O)c1cccc(F)c1C=O. The van der Waals surface area contributed by atoms with Gasteiger partial charge in [-0.05, 0) is 11.6 Å². The van der Waals surface area contributed by atoms with Crippen LogP contribution in [0.4, 0.5) is 4.39 Å². The van der Waals surface area contributed by atoms with E-state index in [0.29, 0.717) is 18.1 Å². The van der Waals surface area contributed by atoms with Gasteiger partial charge in [0.2, 0.25) is 0 Å². The van der Waals surface area contributed by atoms with Crippen LogP contribution in [0.2, 0.25) is 0 Å². The van der Waals surface area contributed by atoms with E-state index in [4.69, 9.17) is 0 Å². The maximum absolute atomic E-state index is 13.0. The highest BCUT2D eigenvalue weighted by Gasteiger charge is 2.12. The number of rotatable bonds is 3. The molecule has 1 rings (SSSR count). The average molecular weight is 180 g/mol. The van der Waals surface area contributed by atoms with Crippen LogP contribution in [0, 0.1) is 5.82 Å². The van der Waals surface area contributed by atoms with E-state index < -0.39 is 11.7 Å². The van der Waals surface area contributed by atoms with Crippen molar-refractivity contribution >= 4 is 12.6 Å². The van der Waals surface area contributed by atoms with Gasteiger partial charge in [-0.1, -0.05) is 19.1 Å². The van der Waals surface area contributed by atoms with Crippen LogP contribution in [0.1, 0.15) is 28.8 Å². The fourth-order valence-electron chi connectivity index (χ4n) is 1.15. The van der Waals surface area contributed by atoms with E-state index in [2.05, 4.69) is 0 Å². The Morgan fingerprint density at radius 1 is 1.38 bits per heavy atom. The van der Waals surface area contributed by atoms with Gasteiger partial charge in [0, 0.05) is 5.92 Å². The third kappa shape index (κ3) is 1.80. The molecule has 1 aromatic rings. The second kappa shape index (κ2) is 3.94. The molecule has 68 valence electrons. The van der Waals surface area contributed by atoms with Crippen LogP contribution in [0.3, 0.4) is 0 Å². The van der Waals surface area contributed by atoms with Crippen LogP contribution in [0.5, 0.6) is 0 Å². The molecule has 0 spiro atoms. The zero-order chi connectivity index (χ0) is 9.84. The van der Waals surface area contributed by atoms with Crippen molar-refractivity contribution in [3.8, 4) is 0 Å². The summed E-state index contributed by atoms with van der Waals surface area (Å²) in [6.07, 6.45) is 1.12. The minimum Gasteiger partial charge on any atom is -0.303 e. The normalized spacial score (nSPS) is 12.2. The number of benzene rings is 1. The van der Waals surface area contributed by atoms with Crippen LogP contribution < -0.4 is 0 Å².